The molecule has 0 radical (unpaired) electrons. The fourth-order valence-electron chi connectivity index (χ4n) is 2.23. The molecule has 1 aliphatic rings. The fourth-order valence-corrected chi connectivity index (χ4v) is 2.23. The third kappa shape index (κ3) is 2.74. The summed E-state index contributed by atoms with van der Waals surface area (Å²) in [7, 11) is 1.98. The van der Waals surface area contributed by atoms with Crippen molar-refractivity contribution in [2.24, 2.45) is 0 Å². The molecule has 2 atom stereocenters. The number of ether oxygens (including phenoxy) is 1. The number of hydrogen-bond acceptors (Lipinski definition) is 3. The fraction of sp³-hybridized carbons (Fsp3) is 0.538. The minimum atomic E-state index is 0.321. The van der Waals surface area contributed by atoms with Gasteiger partial charge in [-0.05, 0) is 44.0 Å². The van der Waals surface area contributed by atoms with Crippen LogP contribution in [0.2, 0.25) is 0 Å². The Balaban J connectivity index is 1.97. The summed E-state index contributed by atoms with van der Waals surface area (Å²) in [5, 5.41) is 12.5. The van der Waals surface area contributed by atoms with Crippen LogP contribution >= 0.6 is 0 Å². The molecule has 1 aromatic rings. The predicted octanol–water partition coefficient (Wildman–Crippen LogP) is 1.70. The van der Waals surface area contributed by atoms with E-state index in [2.05, 4.69) is 5.32 Å². The van der Waals surface area contributed by atoms with Gasteiger partial charge in [-0.15, -0.1) is 0 Å². The van der Waals surface area contributed by atoms with Gasteiger partial charge in [0.1, 0.15) is 5.75 Å². The maximum absolute atomic E-state index is 9.22. The molecule has 0 aromatic heterocycles. The Bertz CT molecular complexity index is 317. The molecule has 16 heavy (non-hydrogen) atoms. The van der Waals surface area contributed by atoms with Crippen LogP contribution in [0.3, 0.4) is 0 Å². The Kier molecular flexibility index (Phi) is 3.80. The second-order valence-electron chi connectivity index (χ2n) is 4.32. The Hall–Kier alpha value is -1.06. The van der Waals surface area contributed by atoms with E-state index in [1.165, 1.54) is 12.0 Å². The van der Waals surface area contributed by atoms with Crippen molar-refractivity contribution >= 4 is 0 Å². The van der Waals surface area contributed by atoms with E-state index in [9.17, 15) is 5.11 Å². The standard InChI is InChI=1S/C13H19NO2/c1-14-12(13-3-2-8-16-13)9-10-4-6-11(15)7-5-10/h4-7,12-15H,2-3,8-9H2,1H3. The summed E-state index contributed by atoms with van der Waals surface area (Å²) in [5.74, 6) is 0.321. The highest BCUT2D eigenvalue weighted by Crippen LogP contribution is 2.19. The molecule has 1 saturated heterocycles. The van der Waals surface area contributed by atoms with E-state index < -0.39 is 0 Å². The Morgan fingerprint density at radius 1 is 1.44 bits per heavy atom. The third-order valence-corrected chi connectivity index (χ3v) is 3.18. The van der Waals surface area contributed by atoms with Crippen LogP contribution in [0.25, 0.3) is 0 Å². The smallest absolute Gasteiger partial charge is 0.115 e. The highest BCUT2D eigenvalue weighted by Gasteiger charge is 2.24. The Labute approximate surface area is 96.4 Å². The average molecular weight is 221 g/mol. The zero-order chi connectivity index (χ0) is 11.4. The zero-order valence-electron chi connectivity index (χ0n) is 9.65. The van der Waals surface area contributed by atoms with Gasteiger partial charge in [-0.3, -0.25) is 0 Å². The van der Waals surface area contributed by atoms with Crippen LogP contribution in [-0.2, 0) is 11.2 Å². The van der Waals surface area contributed by atoms with Crippen molar-refractivity contribution in [2.75, 3.05) is 13.7 Å². The largest absolute Gasteiger partial charge is 0.508 e. The number of phenolic OH excluding ortho intramolecular Hbond substituents is 1. The molecule has 1 fully saturated rings. The van der Waals surface area contributed by atoms with Crippen LogP contribution < -0.4 is 5.32 Å². The lowest BCUT2D eigenvalue weighted by Gasteiger charge is -2.22. The first-order chi connectivity index (χ1) is 7.79. The van der Waals surface area contributed by atoms with Gasteiger partial charge in [0.15, 0.2) is 0 Å². The zero-order valence-corrected chi connectivity index (χ0v) is 9.65. The first kappa shape index (κ1) is 11.4. The molecule has 3 heteroatoms. The Morgan fingerprint density at radius 3 is 2.75 bits per heavy atom. The van der Waals surface area contributed by atoms with Crippen molar-refractivity contribution in [2.45, 2.75) is 31.4 Å². The van der Waals surface area contributed by atoms with Crippen molar-refractivity contribution in [3.05, 3.63) is 29.8 Å². The van der Waals surface area contributed by atoms with Crippen LogP contribution in [0.4, 0.5) is 0 Å². The minimum absolute atomic E-state index is 0.321. The summed E-state index contributed by atoms with van der Waals surface area (Å²) in [6, 6.07) is 7.77. The molecule has 2 rings (SSSR count). The molecule has 3 nitrogen and oxygen atoms in total. The lowest BCUT2D eigenvalue weighted by Crippen LogP contribution is -2.39. The number of rotatable bonds is 4. The summed E-state index contributed by atoms with van der Waals surface area (Å²) < 4.78 is 5.69. The van der Waals surface area contributed by atoms with Gasteiger partial charge in [0.05, 0.1) is 6.10 Å². The monoisotopic (exact) mass is 221 g/mol. The normalized spacial score (nSPS) is 22.2. The van der Waals surface area contributed by atoms with Gasteiger partial charge in [-0.2, -0.15) is 0 Å². The number of phenols is 1. The van der Waals surface area contributed by atoms with E-state index in [0.717, 1.165) is 19.4 Å². The second-order valence-corrected chi connectivity index (χ2v) is 4.32. The minimum Gasteiger partial charge on any atom is -0.508 e. The van der Waals surface area contributed by atoms with Crippen molar-refractivity contribution in [3.8, 4) is 5.75 Å². The lowest BCUT2D eigenvalue weighted by atomic mass is 9.99. The summed E-state index contributed by atoms with van der Waals surface area (Å²) in [4.78, 5) is 0. The number of benzene rings is 1. The number of likely N-dealkylation sites (N-methyl/N-ethyl adjacent to an activating group) is 1. The van der Waals surface area contributed by atoms with Crippen LogP contribution in [0.5, 0.6) is 5.75 Å². The number of aromatic hydroxyl groups is 1. The molecule has 0 bridgehead atoms. The number of hydrogen-bond donors (Lipinski definition) is 2. The third-order valence-electron chi connectivity index (χ3n) is 3.18. The van der Waals surface area contributed by atoms with E-state index in [4.69, 9.17) is 4.74 Å². The van der Waals surface area contributed by atoms with Gasteiger partial charge in [0.2, 0.25) is 0 Å². The summed E-state index contributed by atoms with van der Waals surface area (Å²) in [5.41, 5.74) is 1.23. The molecular formula is C13H19NO2. The van der Waals surface area contributed by atoms with Crippen molar-refractivity contribution in [1.82, 2.24) is 5.32 Å². The Morgan fingerprint density at radius 2 is 2.19 bits per heavy atom. The maximum atomic E-state index is 9.22. The molecule has 2 unspecified atom stereocenters. The molecular weight excluding hydrogens is 202 g/mol. The first-order valence-corrected chi connectivity index (χ1v) is 5.86. The average Bonchev–Trinajstić information content (AvgIpc) is 2.82. The molecule has 88 valence electrons. The molecule has 0 spiro atoms. The molecule has 1 heterocycles. The topological polar surface area (TPSA) is 41.5 Å². The van der Waals surface area contributed by atoms with Gasteiger partial charge in [0.25, 0.3) is 0 Å². The van der Waals surface area contributed by atoms with Gasteiger partial charge in [-0.1, -0.05) is 12.1 Å². The van der Waals surface area contributed by atoms with Gasteiger partial charge in [0, 0.05) is 12.6 Å². The van der Waals surface area contributed by atoms with E-state index >= 15 is 0 Å². The summed E-state index contributed by atoms with van der Waals surface area (Å²) in [6.07, 6.45) is 3.59. The number of nitrogens with one attached hydrogen (secondary N) is 1. The summed E-state index contributed by atoms with van der Waals surface area (Å²) in [6.45, 7) is 0.887. The van der Waals surface area contributed by atoms with Gasteiger partial charge >= 0.3 is 0 Å². The second kappa shape index (κ2) is 5.32. The van der Waals surface area contributed by atoms with Crippen molar-refractivity contribution in [3.63, 3.8) is 0 Å². The van der Waals surface area contributed by atoms with E-state index in [1.807, 2.05) is 19.2 Å². The molecule has 0 saturated carbocycles. The van der Waals surface area contributed by atoms with E-state index in [1.54, 1.807) is 12.1 Å². The predicted molar refractivity (Wildman–Crippen MR) is 63.6 cm³/mol. The maximum Gasteiger partial charge on any atom is 0.115 e. The van der Waals surface area contributed by atoms with E-state index in [0.29, 0.717) is 17.9 Å². The van der Waals surface area contributed by atoms with Crippen molar-refractivity contribution < 1.29 is 9.84 Å². The van der Waals surface area contributed by atoms with Crippen molar-refractivity contribution in [1.29, 1.82) is 0 Å². The highest BCUT2D eigenvalue weighted by molar-refractivity contribution is 5.26. The lowest BCUT2D eigenvalue weighted by molar-refractivity contribution is 0.0808. The van der Waals surface area contributed by atoms with Crippen LogP contribution in [-0.4, -0.2) is 30.9 Å². The van der Waals surface area contributed by atoms with Gasteiger partial charge in [-0.25, -0.2) is 0 Å². The van der Waals surface area contributed by atoms with Crippen LogP contribution in [0.1, 0.15) is 18.4 Å². The molecule has 2 N–H and O–H groups in total. The highest BCUT2D eigenvalue weighted by atomic mass is 16.5. The first-order valence-electron chi connectivity index (χ1n) is 5.86. The summed E-state index contributed by atoms with van der Waals surface area (Å²) >= 11 is 0. The van der Waals surface area contributed by atoms with Crippen LogP contribution in [0.15, 0.2) is 24.3 Å². The molecule has 0 aliphatic carbocycles. The quantitative estimate of drug-likeness (QED) is 0.813. The van der Waals surface area contributed by atoms with Crippen LogP contribution in [0, 0.1) is 0 Å². The SMILES string of the molecule is CNC(Cc1ccc(O)cc1)C1CCCO1. The molecule has 0 amide bonds. The molecule has 1 aliphatic heterocycles. The molecule has 1 aromatic carbocycles. The van der Waals surface area contributed by atoms with Gasteiger partial charge < -0.3 is 15.2 Å². The van der Waals surface area contributed by atoms with E-state index in [-0.39, 0.29) is 0 Å².